The van der Waals surface area contributed by atoms with Gasteiger partial charge in [-0.25, -0.2) is 14.0 Å². The SMILES string of the molecule is COC(=O)/C(N)=C/C1=C(N)N(C(=O)OC(C)(C)C)CCN1Cc1c(Cl)ccc(F)c1Cl. The zero-order chi connectivity index (χ0) is 23.5. The number of nitrogens with two attached hydrogens (primary N) is 2. The molecule has 11 heteroatoms. The van der Waals surface area contributed by atoms with E-state index in [-0.39, 0.29) is 46.9 Å². The molecule has 0 saturated heterocycles. The molecule has 0 aliphatic carbocycles. The lowest BCUT2D eigenvalue weighted by Crippen LogP contribution is -2.48. The standard InChI is InChI=1S/C20H25Cl2FN4O4/c1-20(2,3)31-19(29)27-8-7-26(10-11-12(21)5-6-13(23)16(11)22)15(17(27)25)9-14(24)18(28)30-4/h5-6,9H,7-8,10,24-25H2,1-4H3/b14-9-. The fourth-order valence-electron chi connectivity index (χ4n) is 2.83. The summed E-state index contributed by atoms with van der Waals surface area (Å²) < 4.78 is 24.0. The monoisotopic (exact) mass is 474 g/mol. The van der Waals surface area contributed by atoms with Gasteiger partial charge in [-0.1, -0.05) is 23.2 Å². The molecule has 170 valence electrons. The molecule has 2 rings (SSSR count). The Balaban J connectivity index is 2.50. The van der Waals surface area contributed by atoms with Crippen molar-refractivity contribution in [2.75, 3.05) is 20.2 Å². The number of carbonyl (C=O) groups excluding carboxylic acids is 2. The van der Waals surface area contributed by atoms with Gasteiger partial charge in [0.25, 0.3) is 0 Å². The van der Waals surface area contributed by atoms with E-state index in [1.807, 2.05) is 0 Å². The van der Waals surface area contributed by atoms with Gasteiger partial charge >= 0.3 is 12.1 Å². The van der Waals surface area contributed by atoms with Gasteiger partial charge in [0.1, 0.15) is 22.9 Å². The Bertz CT molecular complexity index is 944. The lowest BCUT2D eigenvalue weighted by Gasteiger charge is -2.38. The van der Waals surface area contributed by atoms with Crippen molar-refractivity contribution < 1.29 is 23.5 Å². The molecule has 0 bridgehead atoms. The highest BCUT2D eigenvalue weighted by Gasteiger charge is 2.31. The van der Waals surface area contributed by atoms with Crippen LogP contribution in [0.15, 0.2) is 35.4 Å². The van der Waals surface area contributed by atoms with Gasteiger partial charge < -0.3 is 25.8 Å². The molecule has 1 amide bonds. The summed E-state index contributed by atoms with van der Waals surface area (Å²) in [6, 6.07) is 2.55. The first-order valence-electron chi connectivity index (χ1n) is 9.28. The third kappa shape index (κ3) is 5.95. The van der Waals surface area contributed by atoms with E-state index < -0.39 is 23.5 Å². The van der Waals surface area contributed by atoms with Crippen molar-refractivity contribution in [3.8, 4) is 0 Å². The minimum atomic E-state index is -0.781. The Morgan fingerprint density at radius 2 is 1.90 bits per heavy atom. The maximum Gasteiger partial charge on any atom is 0.416 e. The molecule has 8 nitrogen and oxygen atoms in total. The van der Waals surface area contributed by atoms with Crippen LogP contribution in [0, 0.1) is 5.82 Å². The minimum absolute atomic E-state index is 0.00370. The predicted octanol–water partition coefficient (Wildman–Crippen LogP) is 3.33. The van der Waals surface area contributed by atoms with Crippen molar-refractivity contribution in [2.24, 2.45) is 11.5 Å². The molecule has 0 radical (unpaired) electrons. The topological polar surface area (TPSA) is 111 Å². The number of allylic oxidation sites excluding steroid dienone is 1. The van der Waals surface area contributed by atoms with Gasteiger partial charge in [-0.3, -0.25) is 4.90 Å². The zero-order valence-corrected chi connectivity index (χ0v) is 19.2. The van der Waals surface area contributed by atoms with Crippen molar-refractivity contribution in [1.82, 2.24) is 9.80 Å². The summed E-state index contributed by atoms with van der Waals surface area (Å²) in [6.45, 7) is 5.66. The summed E-state index contributed by atoms with van der Waals surface area (Å²) in [7, 11) is 1.18. The summed E-state index contributed by atoms with van der Waals surface area (Å²) >= 11 is 12.3. The van der Waals surface area contributed by atoms with E-state index >= 15 is 0 Å². The number of benzene rings is 1. The molecule has 0 saturated carbocycles. The second-order valence-corrected chi connectivity index (χ2v) is 8.52. The molecule has 0 unspecified atom stereocenters. The largest absolute Gasteiger partial charge is 0.464 e. The van der Waals surface area contributed by atoms with Crippen LogP contribution in [0.4, 0.5) is 9.18 Å². The Labute approximate surface area is 190 Å². The predicted molar refractivity (Wildman–Crippen MR) is 115 cm³/mol. The van der Waals surface area contributed by atoms with Crippen LogP contribution >= 0.6 is 23.2 Å². The lowest BCUT2D eigenvalue weighted by atomic mass is 10.1. The van der Waals surface area contributed by atoms with Crippen LogP contribution in [0.25, 0.3) is 0 Å². The van der Waals surface area contributed by atoms with Crippen molar-refractivity contribution in [1.29, 1.82) is 0 Å². The third-order valence-corrected chi connectivity index (χ3v) is 5.07. The van der Waals surface area contributed by atoms with Gasteiger partial charge in [0, 0.05) is 30.2 Å². The van der Waals surface area contributed by atoms with E-state index in [0.29, 0.717) is 5.56 Å². The van der Waals surface area contributed by atoms with Gasteiger partial charge in [0.15, 0.2) is 0 Å². The third-order valence-electron chi connectivity index (χ3n) is 4.30. The van der Waals surface area contributed by atoms with Crippen LogP contribution in [0.3, 0.4) is 0 Å². The Hall–Kier alpha value is -2.65. The van der Waals surface area contributed by atoms with Crippen molar-refractivity contribution >= 4 is 35.3 Å². The van der Waals surface area contributed by atoms with E-state index in [2.05, 4.69) is 4.74 Å². The smallest absolute Gasteiger partial charge is 0.416 e. The fourth-order valence-corrected chi connectivity index (χ4v) is 3.32. The first-order valence-corrected chi connectivity index (χ1v) is 10.0. The fraction of sp³-hybridized carbons (Fsp3) is 0.400. The number of halogens is 3. The van der Waals surface area contributed by atoms with Crippen LogP contribution in [0.1, 0.15) is 26.3 Å². The number of rotatable bonds is 4. The van der Waals surface area contributed by atoms with Gasteiger partial charge in [-0.2, -0.15) is 0 Å². The number of amides is 1. The van der Waals surface area contributed by atoms with Crippen molar-refractivity contribution in [2.45, 2.75) is 32.9 Å². The molecular formula is C20H25Cl2FN4O4. The molecular weight excluding hydrogens is 450 g/mol. The van der Waals surface area contributed by atoms with E-state index in [1.54, 1.807) is 25.7 Å². The Morgan fingerprint density at radius 3 is 2.48 bits per heavy atom. The minimum Gasteiger partial charge on any atom is -0.464 e. The number of nitrogens with zero attached hydrogens (tertiary/aromatic N) is 2. The molecule has 1 aliphatic rings. The van der Waals surface area contributed by atoms with E-state index in [9.17, 15) is 14.0 Å². The Morgan fingerprint density at radius 1 is 1.26 bits per heavy atom. The molecule has 1 aromatic rings. The Kier molecular flexibility index (Phi) is 7.67. The molecule has 0 spiro atoms. The summed E-state index contributed by atoms with van der Waals surface area (Å²) in [6.07, 6.45) is 0.618. The van der Waals surface area contributed by atoms with Crippen LogP contribution in [0.2, 0.25) is 10.0 Å². The number of hydrogen-bond acceptors (Lipinski definition) is 7. The normalized spacial score (nSPS) is 15.3. The summed E-state index contributed by atoms with van der Waals surface area (Å²) in [5.74, 6) is -1.41. The van der Waals surface area contributed by atoms with Gasteiger partial charge in [0.05, 0.1) is 17.8 Å². The highest BCUT2D eigenvalue weighted by atomic mass is 35.5. The van der Waals surface area contributed by atoms with Gasteiger partial charge in [-0.05, 0) is 39.0 Å². The number of ether oxygens (including phenoxy) is 2. The zero-order valence-electron chi connectivity index (χ0n) is 17.7. The van der Waals surface area contributed by atoms with Crippen LogP contribution < -0.4 is 11.5 Å². The molecule has 31 heavy (non-hydrogen) atoms. The maximum absolute atomic E-state index is 14.0. The molecule has 0 fully saturated rings. The molecule has 1 aliphatic heterocycles. The number of hydrogen-bond donors (Lipinski definition) is 2. The molecule has 1 aromatic carbocycles. The summed E-state index contributed by atoms with van der Waals surface area (Å²) in [5, 5.41) is 0.119. The van der Waals surface area contributed by atoms with Crippen molar-refractivity contribution in [3.63, 3.8) is 0 Å². The van der Waals surface area contributed by atoms with Gasteiger partial charge in [0.2, 0.25) is 0 Å². The first kappa shape index (κ1) is 24.6. The molecule has 0 atom stereocenters. The maximum atomic E-state index is 14.0. The molecule has 1 heterocycles. The number of carbonyl (C=O) groups is 2. The van der Waals surface area contributed by atoms with Crippen LogP contribution in [0.5, 0.6) is 0 Å². The van der Waals surface area contributed by atoms with Crippen molar-refractivity contribution in [3.05, 3.63) is 56.8 Å². The second kappa shape index (κ2) is 9.65. The average Bonchev–Trinajstić information content (AvgIpc) is 2.68. The summed E-state index contributed by atoms with van der Waals surface area (Å²) in [5.41, 5.74) is 11.6. The highest BCUT2D eigenvalue weighted by Crippen LogP contribution is 2.31. The molecule has 0 aromatic heterocycles. The van der Waals surface area contributed by atoms with E-state index in [0.717, 1.165) is 6.07 Å². The second-order valence-electron chi connectivity index (χ2n) is 7.74. The summed E-state index contributed by atoms with van der Waals surface area (Å²) in [4.78, 5) is 27.3. The lowest BCUT2D eigenvalue weighted by molar-refractivity contribution is -0.136. The van der Waals surface area contributed by atoms with Crippen LogP contribution in [-0.2, 0) is 20.8 Å². The number of methoxy groups -OCH3 is 1. The van der Waals surface area contributed by atoms with Crippen LogP contribution in [-0.4, -0.2) is 47.7 Å². The average molecular weight is 475 g/mol. The number of esters is 1. The highest BCUT2D eigenvalue weighted by molar-refractivity contribution is 6.36. The van der Waals surface area contributed by atoms with E-state index in [4.69, 9.17) is 39.4 Å². The van der Waals surface area contributed by atoms with E-state index in [1.165, 1.54) is 24.2 Å². The quantitative estimate of drug-likeness (QED) is 0.391. The molecule has 4 N–H and O–H groups in total. The first-order chi connectivity index (χ1) is 14.4. The van der Waals surface area contributed by atoms with Gasteiger partial charge in [-0.15, -0.1) is 0 Å².